The number of carbonyl (C=O) groups excluding carboxylic acids is 1. The minimum absolute atomic E-state index is 0.189. The molecule has 134 valence electrons. The van der Waals surface area contributed by atoms with Crippen LogP contribution in [0.4, 0.5) is 5.69 Å². The standard InChI is InChI=1S/C18H19N5O2S/c1-3-4-8-25-16-12-20-15(11-21-16)17(24)23-14-7-5-6-13(9-14)10-22-18(19)26-2/h5-7,9,11-12H,8,10H2,1-2H3,(H2,19,22)(H,23,24). The number of nitrogens with zero attached hydrogens (tertiary/aromatic N) is 3. The van der Waals surface area contributed by atoms with E-state index in [-0.39, 0.29) is 18.2 Å². The molecule has 1 aromatic carbocycles. The van der Waals surface area contributed by atoms with Crippen LogP contribution in [-0.2, 0) is 6.54 Å². The molecule has 1 heterocycles. The monoisotopic (exact) mass is 369 g/mol. The van der Waals surface area contributed by atoms with Crippen molar-refractivity contribution in [2.75, 3.05) is 18.2 Å². The molecule has 2 rings (SSSR count). The Morgan fingerprint density at radius 1 is 1.38 bits per heavy atom. The molecule has 0 fully saturated rings. The number of hydrogen-bond acceptors (Lipinski definition) is 6. The molecule has 7 nitrogen and oxygen atoms in total. The molecule has 3 N–H and O–H groups in total. The maximum atomic E-state index is 12.3. The Kier molecular flexibility index (Phi) is 7.46. The molecule has 0 aliphatic rings. The highest BCUT2D eigenvalue weighted by Gasteiger charge is 2.09. The molecule has 0 aliphatic heterocycles. The van der Waals surface area contributed by atoms with E-state index in [0.29, 0.717) is 23.3 Å². The van der Waals surface area contributed by atoms with Gasteiger partial charge in [0.05, 0.1) is 18.9 Å². The normalized spacial score (nSPS) is 10.6. The van der Waals surface area contributed by atoms with Crippen LogP contribution in [0.25, 0.3) is 0 Å². The summed E-state index contributed by atoms with van der Waals surface area (Å²) in [5, 5.41) is 3.30. The summed E-state index contributed by atoms with van der Waals surface area (Å²) in [6.45, 7) is 2.40. The van der Waals surface area contributed by atoms with E-state index in [9.17, 15) is 4.79 Å². The van der Waals surface area contributed by atoms with E-state index in [4.69, 9.17) is 10.5 Å². The topological polar surface area (TPSA) is 102 Å². The first-order chi connectivity index (χ1) is 12.6. The molecule has 0 unspecified atom stereocenters. The molecule has 0 aliphatic carbocycles. The number of ether oxygens (including phenoxy) is 1. The summed E-state index contributed by atoms with van der Waals surface area (Å²) in [6.07, 6.45) is 4.62. The van der Waals surface area contributed by atoms with E-state index in [1.165, 1.54) is 24.2 Å². The molecular formula is C18H19N5O2S. The summed E-state index contributed by atoms with van der Waals surface area (Å²) in [7, 11) is 0. The van der Waals surface area contributed by atoms with Gasteiger partial charge in [0.25, 0.3) is 5.91 Å². The Labute approximate surface area is 156 Å². The number of thioether (sulfide) groups is 1. The van der Waals surface area contributed by atoms with Crippen LogP contribution >= 0.6 is 11.8 Å². The predicted molar refractivity (Wildman–Crippen MR) is 104 cm³/mol. The lowest BCUT2D eigenvalue weighted by atomic mass is 10.2. The van der Waals surface area contributed by atoms with E-state index in [1.807, 2.05) is 24.5 Å². The highest BCUT2D eigenvalue weighted by Crippen LogP contribution is 2.13. The summed E-state index contributed by atoms with van der Waals surface area (Å²) in [6, 6.07) is 7.38. The average Bonchev–Trinajstić information content (AvgIpc) is 2.67. The lowest BCUT2D eigenvalue weighted by Gasteiger charge is -2.07. The molecule has 8 heteroatoms. The number of nitrogens with one attached hydrogen (secondary N) is 1. The predicted octanol–water partition coefficient (Wildman–Crippen LogP) is 2.31. The van der Waals surface area contributed by atoms with Gasteiger partial charge in [-0.3, -0.25) is 9.79 Å². The van der Waals surface area contributed by atoms with E-state index in [1.54, 1.807) is 13.0 Å². The number of amidine groups is 1. The van der Waals surface area contributed by atoms with Crippen LogP contribution < -0.4 is 15.8 Å². The molecule has 1 aromatic heterocycles. The van der Waals surface area contributed by atoms with E-state index >= 15 is 0 Å². The number of hydrogen-bond donors (Lipinski definition) is 2. The van der Waals surface area contributed by atoms with Gasteiger partial charge in [-0.15, -0.1) is 5.92 Å². The molecular weight excluding hydrogens is 350 g/mol. The molecule has 0 radical (unpaired) electrons. The van der Waals surface area contributed by atoms with Crippen molar-refractivity contribution in [2.45, 2.75) is 13.5 Å². The fraction of sp³-hybridized carbons (Fsp3) is 0.222. The Morgan fingerprint density at radius 3 is 2.92 bits per heavy atom. The van der Waals surface area contributed by atoms with Crippen molar-refractivity contribution in [3.8, 4) is 17.7 Å². The van der Waals surface area contributed by atoms with Crippen molar-refractivity contribution in [3.63, 3.8) is 0 Å². The van der Waals surface area contributed by atoms with Crippen LogP contribution in [0.5, 0.6) is 5.88 Å². The van der Waals surface area contributed by atoms with Crippen LogP contribution in [0.2, 0.25) is 0 Å². The van der Waals surface area contributed by atoms with Gasteiger partial charge in [0.1, 0.15) is 5.69 Å². The molecule has 0 saturated heterocycles. The van der Waals surface area contributed by atoms with Gasteiger partial charge >= 0.3 is 0 Å². The second-order valence-corrected chi connectivity index (χ2v) is 5.79. The largest absolute Gasteiger partial charge is 0.463 e. The summed E-state index contributed by atoms with van der Waals surface area (Å²) in [4.78, 5) is 24.6. The Hall–Kier alpha value is -3.05. The zero-order chi connectivity index (χ0) is 18.8. The van der Waals surface area contributed by atoms with E-state index in [0.717, 1.165) is 5.56 Å². The van der Waals surface area contributed by atoms with Gasteiger partial charge in [-0.05, 0) is 30.9 Å². The highest BCUT2D eigenvalue weighted by molar-refractivity contribution is 8.13. The molecule has 0 bridgehead atoms. The fourth-order valence-corrected chi connectivity index (χ4v) is 2.06. The Morgan fingerprint density at radius 2 is 2.23 bits per heavy atom. The fourth-order valence-electron chi connectivity index (χ4n) is 1.87. The molecule has 2 aromatic rings. The van der Waals surface area contributed by atoms with Gasteiger partial charge in [-0.25, -0.2) is 9.97 Å². The second-order valence-electron chi connectivity index (χ2n) is 4.97. The maximum Gasteiger partial charge on any atom is 0.275 e. The zero-order valence-electron chi connectivity index (χ0n) is 14.5. The number of carbonyl (C=O) groups is 1. The Bertz CT molecular complexity index is 841. The number of amides is 1. The average molecular weight is 369 g/mol. The van der Waals surface area contributed by atoms with Crippen molar-refractivity contribution >= 4 is 28.5 Å². The van der Waals surface area contributed by atoms with Crippen molar-refractivity contribution in [1.29, 1.82) is 0 Å². The molecule has 1 amide bonds. The number of aliphatic imine (C=N–C) groups is 1. The summed E-state index contributed by atoms with van der Waals surface area (Å²) in [5.41, 5.74) is 7.45. The minimum Gasteiger partial charge on any atom is -0.463 e. The highest BCUT2D eigenvalue weighted by atomic mass is 32.2. The van der Waals surface area contributed by atoms with E-state index < -0.39 is 0 Å². The van der Waals surface area contributed by atoms with Gasteiger partial charge in [0, 0.05) is 5.69 Å². The molecule has 0 spiro atoms. The van der Waals surface area contributed by atoms with Crippen LogP contribution in [0.15, 0.2) is 41.7 Å². The number of aromatic nitrogens is 2. The third-order valence-corrected chi connectivity index (χ3v) is 3.69. The lowest BCUT2D eigenvalue weighted by Crippen LogP contribution is -2.14. The van der Waals surface area contributed by atoms with Crippen molar-refractivity contribution in [3.05, 3.63) is 47.9 Å². The third kappa shape index (κ3) is 6.11. The second kappa shape index (κ2) is 10.1. The summed E-state index contributed by atoms with van der Waals surface area (Å²) in [5.74, 6) is 5.43. The number of rotatable bonds is 6. The molecule has 0 atom stereocenters. The van der Waals surface area contributed by atoms with Crippen molar-refractivity contribution in [2.24, 2.45) is 10.7 Å². The van der Waals surface area contributed by atoms with Crippen LogP contribution in [0.1, 0.15) is 23.0 Å². The van der Waals surface area contributed by atoms with Gasteiger partial charge in [0.15, 0.2) is 11.8 Å². The summed E-state index contributed by atoms with van der Waals surface area (Å²) < 4.78 is 5.27. The van der Waals surface area contributed by atoms with Gasteiger partial charge in [-0.1, -0.05) is 29.8 Å². The van der Waals surface area contributed by atoms with Crippen LogP contribution in [-0.4, -0.2) is 33.9 Å². The molecule has 0 saturated carbocycles. The first-order valence-corrected chi connectivity index (χ1v) is 8.93. The van der Waals surface area contributed by atoms with Gasteiger partial charge in [0.2, 0.25) is 5.88 Å². The van der Waals surface area contributed by atoms with E-state index in [2.05, 4.69) is 32.1 Å². The van der Waals surface area contributed by atoms with Crippen molar-refractivity contribution in [1.82, 2.24) is 9.97 Å². The number of benzene rings is 1. The Balaban J connectivity index is 1.99. The zero-order valence-corrected chi connectivity index (χ0v) is 15.3. The maximum absolute atomic E-state index is 12.3. The van der Waals surface area contributed by atoms with Crippen molar-refractivity contribution < 1.29 is 9.53 Å². The van der Waals surface area contributed by atoms with Gasteiger partial charge < -0.3 is 15.8 Å². The number of anilines is 1. The first kappa shape index (κ1) is 19.3. The third-order valence-electron chi connectivity index (χ3n) is 3.14. The minimum atomic E-state index is -0.360. The summed E-state index contributed by atoms with van der Waals surface area (Å²) >= 11 is 1.39. The smallest absolute Gasteiger partial charge is 0.275 e. The number of nitrogens with two attached hydrogens (primary N) is 1. The van der Waals surface area contributed by atoms with Gasteiger partial charge in [-0.2, -0.15) is 0 Å². The molecule has 26 heavy (non-hydrogen) atoms. The SMILES string of the molecule is CC#CCOc1cnc(C(=O)Nc2cccc(CN=C(N)SC)c2)cn1. The first-order valence-electron chi connectivity index (χ1n) is 7.71. The quantitative estimate of drug-likeness (QED) is 0.460. The lowest BCUT2D eigenvalue weighted by molar-refractivity contribution is 0.102. The van der Waals surface area contributed by atoms with Crippen LogP contribution in [0, 0.1) is 11.8 Å². The van der Waals surface area contributed by atoms with Crippen LogP contribution in [0.3, 0.4) is 0 Å².